The molecule has 0 radical (unpaired) electrons. The van der Waals surface area contributed by atoms with Crippen LogP contribution >= 0.6 is 0 Å². The van der Waals surface area contributed by atoms with Crippen LogP contribution in [0.3, 0.4) is 0 Å². The van der Waals surface area contributed by atoms with E-state index in [2.05, 4.69) is 71.1 Å². The van der Waals surface area contributed by atoms with Gasteiger partial charge in [0.1, 0.15) is 29.7 Å². The number of rotatable bonds is 12. The van der Waals surface area contributed by atoms with E-state index in [4.69, 9.17) is 9.47 Å². The Labute approximate surface area is 362 Å². The predicted octanol–water partition coefficient (Wildman–Crippen LogP) is 5.13. The molecule has 1 atom stereocenters. The van der Waals surface area contributed by atoms with Gasteiger partial charge in [0.05, 0.1) is 28.3 Å². The predicted molar refractivity (Wildman–Crippen MR) is 229 cm³/mol. The number of aromatic nitrogens is 2. The fraction of sp³-hybridized carbons (Fsp3) is 0.532. The number of hydrogen-bond acceptors (Lipinski definition) is 12. The Morgan fingerprint density at radius 3 is 2.18 bits per heavy atom. The molecule has 2 N–H and O–H groups in total. The highest BCUT2D eigenvalue weighted by Gasteiger charge is 2.64. The summed E-state index contributed by atoms with van der Waals surface area (Å²) in [6.07, 6.45) is 6.96. The van der Waals surface area contributed by atoms with Gasteiger partial charge in [0.15, 0.2) is 0 Å². The van der Waals surface area contributed by atoms with Gasteiger partial charge < -0.3 is 24.6 Å². The maximum atomic E-state index is 13.5. The highest BCUT2D eigenvalue weighted by molar-refractivity contribution is 6.23. The minimum absolute atomic E-state index is 0.0129. The van der Waals surface area contributed by atoms with Crippen LogP contribution in [0.4, 0.5) is 5.95 Å². The second kappa shape index (κ2) is 16.4. The van der Waals surface area contributed by atoms with Crippen LogP contribution in [0, 0.1) is 41.9 Å². The summed E-state index contributed by atoms with van der Waals surface area (Å²) in [7, 11) is 0. The number of nitrogens with zero attached hydrogens (tertiary/aromatic N) is 6. The molecule has 5 aliphatic rings. The van der Waals surface area contributed by atoms with E-state index in [0.717, 1.165) is 73.6 Å². The summed E-state index contributed by atoms with van der Waals surface area (Å²) in [4.78, 5) is 78.8. The van der Waals surface area contributed by atoms with Gasteiger partial charge in [-0.25, -0.2) is 9.97 Å². The summed E-state index contributed by atoms with van der Waals surface area (Å²) in [6.45, 7) is 18.0. The van der Waals surface area contributed by atoms with E-state index < -0.39 is 29.7 Å². The molecule has 8 rings (SSSR count). The van der Waals surface area contributed by atoms with Crippen LogP contribution in [0.5, 0.6) is 11.5 Å². The maximum Gasteiger partial charge on any atom is 0.262 e. The number of amides is 5. The molecule has 62 heavy (non-hydrogen) atoms. The van der Waals surface area contributed by atoms with Gasteiger partial charge in [0.25, 0.3) is 17.7 Å². The van der Waals surface area contributed by atoms with Gasteiger partial charge in [0, 0.05) is 74.2 Å². The summed E-state index contributed by atoms with van der Waals surface area (Å²) >= 11 is 0. The topological polar surface area (TPSA) is 187 Å². The Bertz CT molecular complexity index is 2300. The molecule has 3 aromatic rings. The molecular weight excluding hydrogens is 789 g/mol. The molecule has 2 saturated carbocycles. The number of ether oxygens (including phenoxy) is 2. The third kappa shape index (κ3) is 7.78. The Morgan fingerprint density at radius 1 is 0.919 bits per heavy atom. The molecule has 0 spiro atoms. The van der Waals surface area contributed by atoms with Crippen molar-refractivity contribution in [1.82, 2.24) is 30.4 Å². The number of nitriles is 1. The van der Waals surface area contributed by atoms with Crippen LogP contribution < -0.4 is 25.0 Å². The monoisotopic (exact) mass is 844 g/mol. The third-order valence-corrected chi connectivity index (χ3v) is 14.0. The Morgan fingerprint density at radius 2 is 1.56 bits per heavy atom. The lowest BCUT2D eigenvalue weighted by Gasteiger charge is -2.63. The van der Waals surface area contributed by atoms with Gasteiger partial charge >= 0.3 is 0 Å². The molecule has 4 fully saturated rings. The van der Waals surface area contributed by atoms with E-state index in [-0.39, 0.29) is 59.0 Å². The van der Waals surface area contributed by atoms with Crippen molar-refractivity contribution in [3.63, 3.8) is 0 Å². The van der Waals surface area contributed by atoms with E-state index >= 15 is 0 Å². The average Bonchev–Trinajstić information content (AvgIpc) is 3.47. The Balaban J connectivity index is 0.785. The largest absolute Gasteiger partial charge is 0.490 e. The second-order valence-electron chi connectivity index (χ2n) is 18.9. The number of imide groups is 2. The number of carbonyl (C=O) groups is 5. The summed E-state index contributed by atoms with van der Waals surface area (Å²) in [5.41, 5.74) is 2.57. The first-order valence-electron chi connectivity index (χ1n) is 21.8. The third-order valence-electron chi connectivity index (χ3n) is 14.0. The first-order chi connectivity index (χ1) is 29.5. The number of piperidine rings is 2. The molecule has 15 heteroatoms. The SMILES string of the molecule is CCN(CC1CCN(c2ncc(C(=O)NC3C(C)(C)C(Oc4cc(C)c(C#N)c(C)c4)C3(C)C)cn2)CC1)C1CC(Oc2ccc3c(c2)C(=O)N([C@@H]2CCC(=O)NC2=O)C3=O)C1. The fourth-order valence-electron chi connectivity index (χ4n) is 10.8. The summed E-state index contributed by atoms with van der Waals surface area (Å²) in [5.74, 6) is 0.0556. The van der Waals surface area contributed by atoms with Crippen molar-refractivity contribution in [2.45, 2.75) is 117 Å². The smallest absolute Gasteiger partial charge is 0.262 e. The van der Waals surface area contributed by atoms with Crippen LogP contribution in [0.25, 0.3) is 0 Å². The number of anilines is 1. The molecule has 4 heterocycles. The molecule has 5 amide bonds. The van der Waals surface area contributed by atoms with Gasteiger partial charge in [-0.05, 0) is 87.0 Å². The zero-order chi connectivity index (χ0) is 44.2. The van der Waals surface area contributed by atoms with Crippen LogP contribution in [0.2, 0.25) is 0 Å². The number of hydrogen-bond donors (Lipinski definition) is 2. The van der Waals surface area contributed by atoms with Crippen molar-refractivity contribution in [1.29, 1.82) is 5.26 Å². The molecule has 1 aromatic heterocycles. The number of aryl methyl sites for hydroxylation is 2. The molecular formula is C47H56N8O7. The van der Waals surface area contributed by atoms with Crippen LogP contribution in [-0.4, -0.2) is 106 Å². The van der Waals surface area contributed by atoms with Gasteiger partial charge in [0.2, 0.25) is 17.8 Å². The Kier molecular flexibility index (Phi) is 11.3. The summed E-state index contributed by atoms with van der Waals surface area (Å²) in [6, 6.07) is 10.2. The molecule has 3 aliphatic heterocycles. The van der Waals surface area contributed by atoms with Gasteiger partial charge in [-0.3, -0.25) is 34.2 Å². The van der Waals surface area contributed by atoms with Crippen molar-refractivity contribution < 1.29 is 33.4 Å². The van der Waals surface area contributed by atoms with Crippen molar-refractivity contribution in [2.75, 3.05) is 31.1 Å². The molecule has 2 aromatic carbocycles. The fourth-order valence-corrected chi connectivity index (χ4v) is 10.8. The molecule has 0 unspecified atom stereocenters. The minimum Gasteiger partial charge on any atom is -0.490 e. The van der Waals surface area contributed by atoms with E-state index in [1.54, 1.807) is 30.6 Å². The van der Waals surface area contributed by atoms with E-state index in [0.29, 0.717) is 34.8 Å². The first kappa shape index (κ1) is 42.8. The molecule has 0 bridgehead atoms. The van der Waals surface area contributed by atoms with Crippen molar-refractivity contribution in [3.8, 4) is 17.6 Å². The first-order valence-corrected chi connectivity index (χ1v) is 21.8. The number of benzene rings is 2. The number of fused-ring (bicyclic) bond motifs is 1. The highest BCUT2D eigenvalue weighted by Crippen LogP contribution is 2.55. The molecule has 2 aliphatic carbocycles. The zero-order valence-corrected chi connectivity index (χ0v) is 36.6. The molecule has 326 valence electrons. The summed E-state index contributed by atoms with van der Waals surface area (Å²) < 4.78 is 12.8. The van der Waals surface area contributed by atoms with Crippen molar-refractivity contribution >= 4 is 35.5 Å². The lowest BCUT2D eigenvalue weighted by atomic mass is 9.49. The van der Waals surface area contributed by atoms with E-state index in [1.807, 2.05) is 26.0 Å². The molecule has 15 nitrogen and oxygen atoms in total. The molecule has 2 saturated heterocycles. The quantitative estimate of drug-likeness (QED) is 0.230. The van der Waals surface area contributed by atoms with E-state index in [1.165, 1.54) is 0 Å². The Hall–Kier alpha value is -5.88. The lowest BCUT2D eigenvalue weighted by molar-refractivity contribution is -0.164. The maximum absolute atomic E-state index is 13.5. The average molecular weight is 845 g/mol. The van der Waals surface area contributed by atoms with Crippen molar-refractivity contribution in [2.24, 2.45) is 16.7 Å². The van der Waals surface area contributed by atoms with Gasteiger partial charge in [-0.15, -0.1) is 0 Å². The highest BCUT2D eigenvalue weighted by atomic mass is 16.5. The lowest BCUT2D eigenvalue weighted by Crippen LogP contribution is -2.74. The second-order valence-corrected chi connectivity index (χ2v) is 18.9. The standard InChI is InChI=1S/C47H56N8O7/c1-8-53(30-19-33(20-30)61-31-9-10-34-35(21-31)42(60)55(41(34)59)37-11-12-38(56)51-40(37)58)25-28-13-15-54(16-14-28)45-49-23-29(24-50-45)39(57)52-43-46(4,5)44(47(43,6)7)62-32-17-26(2)36(22-48)27(3)18-32/h9-10,17-18,21,23-24,28,30,33,37,43-44H,8,11-16,19-20,25H2,1-7H3,(H,52,57)(H,51,56,58)/t30?,33?,37-,43?,44?/m1/s1. The van der Waals surface area contributed by atoms with Crippen LogP contribution in [0.1, 0.15) is 121 Å². The van der Waals surface area contributed by atoms with E-state index in [9.17, 15) is 29.2 Å². The summed E-state index contributed by atoms with van der Waals surface area (Å²) in [5, 5.41) is 15.0. The van der Waals surface area contributed by atoms with Crippen molar-refractivity contribution in [3.05, 3.63) is 76.1 Å². The number of nitrogens with one attached hydrogen (secondary N) is 2. The zero-order valence-electron chi connectivity index (χ0n) is 36.6. The normalized spacial score (nSPS) is 25.4. The van der Waals surface area contributed by atoms with Crippen LogP contribution in [-0.2, 0) is 9.59 Å². The number of carbonyl (C=O) groups excluding carboxylic acids is 5. The minimum atomic E-state index is -1.00. The van der Waals surface area contributed by atoms with Crippen LogP contribution in [0.15, 0.2) is 42.7 Å². The van der Waals surface area contributed by atoms with Gasteiger partial charge in [-0.1, -0.05) is 34.6 Å². The van der Waals surface area contributed by atoms with Gasteiger partial charge in [-0.2, -0.15) is 5.26 Å².